The minimum atomic E-state index is -0.686. The molecule has 6 heteroatoms. The standard InChI is InChI=1S/C22H28N2O4/c1-14(20(26)23-13-15-6-11-18(25)19(12-15)28-5)24-21(27)16-7-9-17(10-8-16)22(2,3)4/h6-12,14,25H,13H2,1-5H3,(H,23,26)(H,24,27). The van der Waals surface area contributed by atoms with Crippen LogP contribution in [0.3, 0.4) is 0 Å². The average Bonchev–Trinajstić information content (AvgIpc) is 2.66. The Hall–Kier alpha value is -3.02. The van der Waals surface area contributed by atoms with Crippen molar-refractivity contribution in [2.24, 2.45) is 0 Å². The van der Waals surface area contributed by atoms with E-state index in [1.807, 2.05) is 12.1 Å². The lowest BCUT2D eigenvalue weighted by Crippen LogP contribution is -2.44. The predicted molar refractivity (Wildman–Crippen MR) is 109 cm³/mol. The largest absolute Gasteiger partial charge is 0.504 e. The highest BCUT2D eigenvalue weighted by Crippen LogP contribution is 2.26. The first-order valence-electron chi connectivity index (χ1n) is 9.17. The molecule has 0 aliphatic rings. The minimum Gasteiger partial charge on any atom is -0.504 e. The van der Waals surface area contributed by atoms with Gasteiger partial charge in [-0.2, -0.15) is 0 Å². The third kappa shape index (κ3) is 5.49. The van der Waals surface area contributed by atoms with Crippen LogP contribution in [-0.4, -0.2) is 30.1 Å². The van der Waals surface area contributed by atoms with E-state index in [-0.39, 0.29) is 29.5 Å². The Balaban J connectivity index is 1.92. The van der Waals surface area contributed by atoms with Gasteiger partial charge in [0.2, 0.25) is 5.91 Å². The molecule has 0 saturated heterocycles. The van der Waals surface area contributed by atoms with Gasteiger partial charge in [-0.3, -0.25) is 9.59 Å². The number of phenolic OH excluding ortho intramolecular Hbond substituents is 1. The quantitative estimate of drug-likeness (QED) is 0.714. The number of ether oxygens (including phenoxy) is 1. The number of benzene rings is 2. The van der Waals surface area contributed by atoms with Crippen LogP contribution in [0.2, 0.25) is 0 Å². The molecule has 6 nitrogen and oxygen atoms in total. The average molecular weight is 384 g/mol. The summed E-state index contributed by atoms with van der Waals surface area (Å²) in [5.74, 6) is -0.219. The zero-order valence-corrected chi connectivity index (χ0v) is 17.0. The number of methoxy groups -OCH3 is 1. The number of carbonyl (C=O) groups excluding carboxylic acids is 2. The summed E-state index contributed by atoms with van der Waals surface area (Å²) >= 11 is 0. The third-order valence-corrected chi connectivity index (χ3v) is 4.46. The number of amides is 2. The van der Waals surface area contributed by atoms with E-state index in [0.717, 1.165) is 11.1 Å². The second kappa shape index (κ2) is 8.78. The molecular weight excluding hydrogens is 356 g/mol. The van der Waals surface area contributed by atoms with Crippen molar-refractivity contribution in [2.45, 2.75) is 45.7 Å². The van der Waals surface area contributed by atoms with E-state index in [2.05, 4.69) is 31.4 Å². The Bertz CT molecular complexity index is 839. The van der Waals surface area contributed by atoms with Crippen LogP contribution in [0.5, 0.6) is 11.5 Å². The number of phenols is 1. The number of nitrogens with one attached hydrogen (secondary N) is 2. The van der Waals surface area contributed by atoms with Gasteiger partial charge in [-0.05, 0) is 47.7 Å². The third-order valence-electron chi connectivity index (χ3n) is 4.46. The van der Waals surface area contributed by atoms with Gasteiger partial charge in [0.25, 0.3) is 5.91 Å². The van der Waals surface area contributed by atoms with E-state index in [1.54, 1.807) is 31.2 Å². The number of aromatic hydroxyl groups is 1. The van der Waals surface area contributed by atoms with Crippen molar-refractivity contribution in [3.8, 4) is 11.5 Å². The molecule has 0 aliphatic carbocycles. The molecule has 0 aromatic heterocycles. The maximum atomic E-state index is 12.4. The molecule has 0 heterocycles. The van der Waals surface area contributed by atoms with E-state index < -0.39 is 6.04 Å². The molecule has 0 radical (unpaired) electrons. The van der Waals surface area contributed by atoms with Crippen molar-refractivity contribution in [2.75, 3.05) is 7.11 Å². The Morgan fingerprint density at radius 2 is 1.75 bits per heavy atom. The van der Waals surface area contributed by atoms with Gasteiger partial charge in [-0.1, -0.05) is 39.0 Å². The summed E-state index contributed by atoms with van der Waals surface area (Å²) < 4.78 is 5.05. The summed E-state index contributed by atoms with van der Waals surface area (Å²) in [6.07, 6.45) is 0. The van der Waals surface area contributed by atoms with Crippen molar-refractivity contribution < 1.29 is 19.4 Å². The van der Waals surface area contributed by atoms with E-state index in [0.29, 0.717) is 11.3 Å². The molecule has 0 fully saturated rings. The van der Waals surface area contributed by atoms with Gasteiger partial charge in [0, 0.05) is 12.1 Å². The summed E-state index contributed by atoms with van der Waals surface area (Å²) in [5, 5.41) is 15.1. The van der Waals surface area contributed by atoms with Gasteiger partial charge in [-0.25, -0.2) is 0 Å². The molecular formula is C22H28N2O4. The van der Waals surface area contributed by atoms with Crippen molar-refractivity contribution in [3.63, 3.8) is 0 Å². The minimum absolute atomic E-state index is 0.0130. The van der Waals surface area contributed by atoms with Gasteiger partial charge in [0.05, 0.1) is 7.11 Å². The molecule has 0 saturated carbocycles. The van der Waals surface area contributed by atoms with Gasteiger partial charge in [-0.15, -0.1) is 0 Å². The SMILES string of the molecule is COc1cc(CNC(=O)C(C)NC(=O)c2ccc(C(C)(C)C)cc2)ccc1O. The lowest BCUT2D eigenvalue weighted by molar-refractivity contribution is -0.122. The number of rotatable bonds is 6. The first kappa shape index (κ1) is 21.3. The van der Waals surface area contributed by atoms with Crippen molar-refractivity contribution in [3.05, 3.63) is 59.2 Å². The van der Waals surface area contributed by atoms with Crippen LogP contribution in [0.4, 0.5) is 0 Å². The van der Waals surface area contributed by atoms with Crippen LogP contribution < -0.4 is 15.4 Å². The predicted octanol–water partition coefficient (Wildman–Crippen LogP) is 3.13. The normalized spacial score (nSPS) is 12.2. The molecule has 1 atom stereocenters. The fourth-order valence-electron chi connectivity index (χ4n) is 2.64. The van der Waals surface area contributed by atoms with Gasteiger partial charge < -0.3 is 20.5 Å². The molecule has 2 rings (SSSR count). The lowest BCUT2D eigenvalue weighted by Gasteiger charge is -2.19. The van der Waals surface area contributed by atoms with Crippen LogP contribution in [0.15, 0.2) is 42.5 Å². The van der Waals surface area contributed by atoms with Gasteiger partial charge in [0.1, 0.15) is 6.04 Å². The Kier molecular flexibility index (Phi) is 6.67. The van der Waals surface area contributed by atoms with Crippen LogP contribution in [0, 0.1) is 0 Å². The molecule has 2 aromatic rings. The zero-order valence-electron chi connectivity index (χ0n) is 17.0. The fraction of sp³-hybridized carbons (Fsp3) is 0.364. The summed E-state index contributed by atoms with van der Waals surface area (Å²) in [4.78, 5) is 24.7. The molecule has 150 valence electrons. The summed E-state index contributed by atoms with van der Waals surface area (Å²) in [5.41, 5.74) is 2.44. The van der Waals surface area contributed by atoms with Crippen LogP contribution in [0.25, 0.3) is 0 Å². The van der Waals surface area contributed by atoms with E-state index >= 15 is 0 Å². The summed E-state index contributed by atoms with van der Waals surface area (Å²) in [7, 11) is 1.46. The van der Waals surface area contributed by atoms with Crippen molar-refractivity contribution in [1.82, 2.24) is 10.6 Å². The highest BCUT2D eigenvalue weighted by Gasteiger charge is 2.18. The molecule has 2 amide bonds. The fourth-order valence-corrected chi connectivity index (χ4v) is 2.64. The Morgan fingerprint density at radius 1 is 1.11 bits per heavy atom. The first-order valence-corrected chi connectivity index (χ1v) is 9.17. The smallest absolute Gasteiger partial charge is 0.251 e. The van der Waals surface area contributed by atoms with Crippen molar-refractivity contribution >= 4 is 11.8 Å². The van der Waals surface area contributed by atoms with Crippen LogP contribution in [-0.2, 0) is 16.8 Å². The maximum absolute atomic E-state index is 12.4. The Labute approximate surface area is 165 Å². The van der Waals surface area contributed by atoms with E-state index in [1.165, 1.54) is 13.2 Å². The zero-order chi connectivity index (χ0) is 20.9. The summed E-state index contributed by atoms with van der Waals surface area (Å²) in [6.45, 7) is 8.22. The number of carbonyl (C=O) groups is 2. The second-order valence-electron chi connectivity index (χ2n) is 7.75. The second-order valence-corrected chi connectivity index (χ2v) is 7.75. The van der Waals surface area contributed by atoms with Crippen molar-refractivity contribution in [1.29, 1.82) is 0 Å². The number of hydrogen-bond acceptors (Lipinski definition) is 4. The molecule has 1 unspecified atom stereocenters. The topological polar surface area (TPSA) is 87.7 Å². The van der Waals surface area contributed by atoms with Gasteiger partial charge in [0.15, 0.2) is 11.5 Å². The molecule has 2 aromatic carbocycles. The summed E-state index contributed by atoms with van der Waals surface area (Å²) in [6, 6.07) is 11.6. The highest BCUT2D eigenvalue weighted by atomic mass is 16.5. The van der Waals surface area contributed by atoms with E-state index in [4.69, 9.17) is 4.74 Å². The first-order chi connectivity index (χ1) is 13.1. The van der Waals surface area contributed by atoms with Gasteiger partial charge >= 0.3 is 0 Å². The highest BCUT2D eigenvalue weighted by molar-refractivity contribution is 5.97. The molecule has 0 aliphatic heterocycles. The molecule has 0 bridgehead atoms. The van der Waals surface area contributed by atoms with Crippen LogP contribution >= 0.6 is 0 Å². The maximum Gasteiger partial charge on any atom is 0.251 e. The monoisotopic (exact) mass is 384 g/mol. The number of hydrogen-bond donors (Lipinski definition) is 3. The molecule has 0 spiro atoms. The molecule has 3 N–H and O–H groups in total. The molecule has 28 heavy (non-hydrogen) atoms. The van der Waals surface area contributed by atoms with E-state index in [9.17, 15) is 14.7 Å². The lowest BCUT2D eigenvalue weighted by atomic mass is 9.86. The van der Waals surface area contributed by atoms with Crippen LogP contribution in [0.1, 0.15) is 49.2 Å². The Morgan fingerprint density at radius 3 is 2.32 bits per heavy atom.